The van der Waals surface area contributed by atoms with Crippen molar-refractivity contribution in [2.75, 3.05) is 6.54 Å². The Labute approximate surface area is 93.6 Å². The smallest absolute Gasteiger partial charge is 0.355 e. The highest BCUT2D eigenvalue weighted by Gasteiger charge is 2.26. The summed E-state index contributed by atoms with van der Waals surface area (Å²) in [5.74, 6) is -0.0909. The zero-order valence-electron chi connectivity index (χ0n) is 9.60. The Bertz CT molecular complexity index is 217. The summed E-state index contributed by atoms with van der Waals surface area (Å²) in [6.45, 7) is 3.87. The van der Waals surface area contributed by atoms with Crippen molar-refractivity contribution in [3.05, 3.63) is 0 Å². The minimum atomic E-state index is -4.16. The molecule has 0 saturated heterocycles. The minimum Gasteiger partial charge on any atom is -0.355 e. The van der Waals surface area contributed by atoms with Crippen LogP contribution in [0.3, 0.4) is 0 Å². The van der Waals surface area contributed by atoms with Gasteiger partial charge in [0.1, 0.15) is 0 Å². The highest BCUT2D eigenvalue weighted by Crippen LogP contribution is 2.20. The van der Waals surface area contributed by atoms with E-state index in [1.807, 2.05) is 13.8 Å². The van der Waals surface area contributed by atoms with Crippen LogP contribution in [-0.4, -0.2) is 24.7 Å². The van der Waals surface area contributed by atoms with E-state index in [9.17, 15) is 18.0 Å². The third-order valence-corrected chi connectivity index (χ3v) is 2.00. The molecule has 1 amide bonds. The molecule has 0 rings (SSSR count). The van der Waals surface area contributed by atoms with Gasteiger partial charge in [-0.2, -0.15) is 13.2 Å². The van der Waals surface area contributed by atoms with Crippen molar-refractivity contribution >= 4 is 5.91 Å². The van der Waals surface area contributed by atoms with Crippen molar-refractivity contribution in [3.8, 4) is 0 Å². The van der Waals surface area contributed by atoms with E-state index in [1.165, 1.54) is 0 Å². The molecule has 0 fully saturated rings. The molecule has 0 aliphatic carbocycles. The summed E-state index contributed by atoms with van der Waals surface area (Å²) < 4.78 is 35.3. The molecule has 1 atom stereocenters. The van der Waals surface area contributed by atoms with Crippen LogP contribution in [0.25, 0.3) is 0 Å². The molecule has 0 aliphatic heterocycles. The lowest BCUT2D eigenvalue weighted by Crippen LogP contribution is -2.41. The summed E-state index contributed by atoms with van der Waals surface area (Å²) in [4.78, 5) is 11.3. The van der Waals surface area contributed by atoms with E-state index in [4.69, 9.17) is 5.73 Å². The fourth-order valence-electron chi connectivity index (χ4n) is 1.25. The average molecular weight is 240 g/mol. The molecule has 0 heterocycles. The topological polar surface area (TPSA) is 55.1 Å². The van der Waals surface area contributed by atoms with Crippen LogP contribution >= 0.6 is 0 Å². The number of amides is 1. The quantitative estimate of drug-likeness (QED) is 0.696. The monoisotopic (exact) mass is 240 g/mol. The van der Waals surface area contributed by atoms with E-state index >= 15 is 0 Å². The third-order valence-electron chi connectivity index (χ3n) is 2.00. The lowest BCUT2D eigenvalue weighted by Gasteiger charge is -2.14. The molecule has 0 bridgehead atoms. The molecule has 0 radical (unpaired) electrons. The van der Waals surface area contributed by atoms with Crippen LogP contribution in [0.15, 0.2) is 0 Å². The number of rotatable bonds is 6. The van der Waals surface area contributed by atoms with Crippen molar-refractivity contribution in [2.45, 2.75) is 45.3 Å². The number of hydrogen-bond donors (Lipinski definition) is 2. The lowest BCUT2D eigenvalue weighted by molar-refractivity contribution is -0.136. The zero-order chi connectivity index (χ0) is 12.8. The molecule has 1 unspecified atom stereocenters. The number of carbonyl (C=O) groups is 1. The van der Waals surface area contributed by atoms with Crippen LogP contribution in [0, 0.1) is 5.92 Å². The van der Waals surface area contributed by atoms with Crippen LogP contribution < -0.4 is 11.1 Å². The standard InChI is InChI=1S/C10H19F3N2O/c1-7(2)6-8(14)9(16)15-5-3-4-10(11,12)13/h7-8H,3-6,14H2,1-2H3,(H,15,16). The normalized spacial score (nSPS) is 13.9. The van der Waals surface area contributed by atoms with Gasteiger partial charge in [0.15, 0.2) is 0 Å². The van der Waals surface area contributed by atoms with Crippen LogP contribution in [0.2, 0.25) is 0 Å². The van der Waals surface area contributed by atoms with Gasteiger partial charge in [0, 0.05) is 13.0 Å². The van der Waals surface area contributed by atoms with Gasteiger partial charge in [0.05, 0.1) is 6.04 Å². The Balaban J connectivity index is 3.65. The summed E-state index contributed by atoms with van der Waals surface area (Å²) in [5, 5.41) is 2.40. The van der Waals surface area contributed by atoms with Crippen LogP contribution in [0.5, 0.6) is 0 Å². The molecule has 0 spiro atoms. The molecule has 0 aliphatic rings. The van der Waals surface area contributed by atoms with Gasteiger partial charge < -0.3 is 11.1 Å². The molecule has 0 aromatic heterocycles. The number of nitrogens with two attached hydrogens (primary N) is 1. The van der Waals surface area contributed by atoms with Crippen molar-refractivity contribution in [1.82, 2.24) is 5.32 Å². The molecular formula is C10H19F3N2O. The van der Waals surface area contributed by atoms with Gasteiger partial charge in [-0.25, -0.2) is 0 Å². The molecule has 0 aromatic rings. The van der Waals surface area contributed by atoms with Gasteiger partial charge in [-0.15, -0.1) is 0 Å². The molecule has 0 aromatic carbocycles. The zero-order valence-corrected chi connectivity index (χ0v) is 9.60. The maximum atomic E-state index is 11.8. The van der Waals surface area contributed by atoms with Gasteiger partial charge in [-0.1, -0.05) is 13.8 Å². The fourth-order valence-corrected chi connectivity index (χ4v) is 1.25. The minimum absolute atomic E-state index is 0.0180. The lowest BCUT2D eigenvalue weighted by atomic mass is 10.0. The first-order valence-corrected chi connectivity index (χ1v) is 5.32. The van der Waals surface area contributed by atoms with Crippen molar-refractivity contribution in [2.24, 2.45) is 11.7 Å². The predicted octanol–water partition coefficient (Wildman–Crippen LogP) is 1.82. The van der Waals surface area contributed by atoms with Crippen LogP contribution in [0.4, 0.5) is 13.2 Å². The first-order valence-electron chi connectivity index (χ1n) is 5.32. The number of hydrogen-bond acceptors (Lipinski definition) is 2. The largest absolute Gasteiger partial charge is 0.389 e. The molecule has 3 N–H and O–H groups in total. The van der Waals surface area contributed by atoms with Crippen LogP contribution in [0.1, 0.15) is 33.1 Å². The molecule has 96 valence electrons. The molecule has 16 heavy (non-hydrogen) atoms. The second kappa shape index (κ2) is 6.73. The van der Waals surface area contributed by atoms with E-state index in [-0.39, 0.29) is 24.8 Å². The molecule has 3 nitrogen and oxygen atoms in total. The van der Waals surface area contributed by atoms with E-state index < -0.39 is 18.6 Å². The Kier molecular flexibility index (Phi) is 6.40. The summed E-state index contributed by atoms with van der Waals surface area (Å²) >= 11 is 0. The van der Waals surface area contributed by atoms with E-state index in [1.54, 1.807) is 0 Å². The van der Waals surface area contributed by atoms with Crippen molar-refractivity contribution in [1.29, 1.82) is 0 Å². The van der Waals surface area contributed by atoms with Gasteiger partial charge in [0.2, 0.25) is 5.91 Å². The van der Waals surface area contributed by atoms with Gasteiger partial charge in [0.25, 0.3) is 0 Å². The van der Waals surface area contributed by atoms with Gasteiger partial charge in [-0.3, -0.25) is 4.79 Å². The van der Waals surface area contributed by atoms with E-state index in [0.29, 0.717) is 6.42 Å². The molecule has 6 heteroatoms. The maximum absolute atomic E-state index is 11.8. The Hall–Kier alpha value is -0.780. The van der Waals surface area contributed by atoms with Crippen LogP contribution in [-0.2, 0) is 4.79 Å². The SMILES string of the molecule is CC(C)CC(N)C(=O)NCCCC(F)(F)F. The molecular weight excluding hydrogens is 221 g/mol. The molecule has 0 saturated carbocycles. The first kappa shape index (κ1) is 15.2. The second-order valence-corrected chi connectivity index (χ2v) is 4.25. The number of alkyl halides is 3. The van der Waals surface area contributed by atoms with Crippen molar-refractivity contribution < 1.29 is 18.0 Å². The Morgan fingerprint density at radius 3 is 2.38 bits per heavy atom. The predicted molar refractivity (Wildman–Crippen MR) is 55.7 cm³/mol. The van der Waals surface area contributed by atoms with Crippen molar-refractivity contribution in [3.63, 3.8) is 0 Å². The van der Waals surface area contributed by atoms with Gasteiger partial charge in [-0.05, 0) is 18.8 Å². The highest BCUT2D eigenvalue weighted by molar-refractivity contribution is 5.81. The van der Waals surface area contributed by atoms with E-state index in [2.05, 4.69) is 5.32 Å². The Morgan fingerprint density at radius 1 is 1.38 bits per heavy atom. The maximum Gasteiger partial charge on any atom is 0.389 e. The summed E-state index contributed by atoms with van der Waals surface area (Å²) in [6.07, 6.45) is -4.62. The second-order valence-electron chi connectivity index (χ2n) is 4.25. The number of carbonyl (C=O) groups excluding carboxylic acids is 1. The summed E-state index contributed by atoms with van der Waals surface area (Å²) in [5.41, 5.74) is 5.55. The third kappa shape index (κ3) is 8.52. The number of halogens is 3. The fraction of sp³-hybridized carbons (Fsp3) is 0.900. The van der Waals surface area contributed by atoms with Gasteiger partial charge >= 0.3 is 6.18 Å². The average Bonchev–Trinajstić information content (AvgIpc) is 2.09. The highest BCUT2D eigenvalue weighted by atomic mass is 19.4. The first-order chi connectivity index (χ1) is 7.22. The number of nitrogens with one attached hydrogen (secondary N) is 1. The summed E-state index contributed by atoms with van der Waals surface area (Å²) in [7, 11) is 0. The summed E-state index contributed by atoms with van der Waals surface area (Å²) in [6, 6.07) is -0.633. The Morgan fingerprint density at radius 2 is 1.94 bits per heavy atom. The van der Waals surface area contributed by atoms with E-state index in [0.717, 1.165) is 0 Å².